The number of nitrogens with zero attached hydrogens (tertiary/aromatic N) is 2. The first kappa shape index (κ1) is 19.2. The number of amides is 1. The molecule has 0 saturated carbocycles. The van der Waals surface area contributed by atoms with Crippen molar-refractivity contribution < 1.29 is 14.3 Å². The summed E-state index contributed by atoms with van der Waals surface area (Å²) in [5.41, 5.74) is 6.89. The molecule has 1 amide bonds. The van der Waals surface area contributed by atoms with Crippen molar-refractivity contribution >= 4 is 11.9 Å². The first-order valence-corrected chi connectivity index (χ1v) is 8.58. The van der Waals surface area contributed by atoms with E-state index in [0.29, 0.717) is 45.4 Å². The number of carbonyl (C=O) groups is 1. The van der Waals surface area contributed by atoms with E-state index in [4.69, 9.17) is 15.2 Å². The monoisotopic (exact) mass is 348 g/mol. The zero-order chi connectivity index (χ0) is 18.1. The highest BCUT2D eigenvalue weighted by Gasteiger charge is 2.27. The van der Waals surface area contributed by atoms with Gasteiger partial charge in [0.15, 0.2) is 5.96 Å². The summed E-state index contributed by atoms with van der Waals surface area (Å²) in [5.74, 6) is 0.0358. The molecule has 138 valence electrons. The summed E-state index contributed by atoms with van der Waals surface area (Å²) in [4.78, 5) is 19.2. The van der Waals surface area contributed by atoms with E-state index in [9.17, 15) is 4.79 Å². The third-order valence-electron chi connectivity index (χ3n) is 4.08. The number of carbonyl (C=O) groups excluding carboxylic acids is 1. The summed E-state index contributed by atoms with van der Waals surface area (Å²) in [6.45, 7) is 5.18. The Bertz CT molecular complexity index is 559. The zero-order valence-electron chi connectivity index (χ0n) is 15.0. The maximum Gasteiger partial charge on any atom is 0.232 e. The second-order valence-electron chi connectivity index (χ2n) is 6.13. The minimum absolute atomic E-state index is 0.0545. The Morgan fingerprint density at radius 2 is 2.04 bits per heavy atom. The van der Waals surface area contributed by atoms with Gasteiger partial charge in [-0.15, -0.1) is 0 Å². The molecule has 1 heterocycles. The Morgan fingerprint density at radius 3 is 2.68 bits per heavy atom. The molecule has 2 rings (SSSR count). The zero-order valence-corrected chi connectivity index (χ0v) is 15.0. The van der Waals surface area contributed by atoms with Gasteiger partial charge in [0, 0.05) is 26.2 Å². The second kappa shape index (κ2) is 10.0. The standard InChI is InChI=1S/C18H28N4O3/c1-14(13-24-2)21-18(19)20-12-16(15-6-4-3-5-7-15)17(23)22-8-10-25-11-9-22/h3-7,14,16H,8-13H2,1-2H3,(H3,19,20,21)/t14-,16-/m0/s1. The highest BCUT2D eigenvalue weighted by atomic mass is 16.5. The van der Waals surface area contributed by atoms with E-state index in [1.54, 1.807) is 7.11 Å². The van der Waals surface area contributed by atoms with E-state index in [2.05, 4.69) is 10.3 Å². The molecule has 0 radical (unpaired) electrons. The van der Waals surface area contributed by atoms with Crippen molar-refractivity contribution in [2.45, 2.75) is 18.9 Å². The molecule has 25 heavy (non-hydrogen) atoms. The molecule has 3 N–H and O–H groups in total. The minimum atomic E-state index is -0.350. The Labute approximate surface area is 149 Å². The molecule has 1 aliphatic rings. The fraction of sp³-hybridized carbons (Fsp3) is 0.556. The van der Waals surface area contributed by atoms with Crippen molar-refractivity contribution in [3.05, 3.63) is 35.9 Å². The molecule has 0 bridgehead atoms. The number of benzene rings is 1. The number of methoxy groups -OCH3 is 1. The van der Waals surface area contributed by atoms with Gasteiger partial charge in [0.25, 0.3) is 0 Å². The van der Waals surface area contributed by atoms with Crippen LogP contribution in [-0.2, 0) is 14.3 Å². The lowest BCUT2D eigenvalue weighted by molar-refractivity contribution is -0.136. The summed E-state index contributed by atoms with van der Waals surface area (Å²) in [7, 11) is 1.64. The van der Waals surface area contributed by atoms with Crippen LogP contribution in [0.25, 0.3) is 0 Å². The maximum absolute atomic E-state index is 13.0. The quantitative estimate of drug-likeness (QED) is 0.555. The van der Waals surface area contributed by atoms with E-state index >= 15 is 0 Å². The number of nitrogens with one attached hydrogen (secondary N) is 1. The summed E-state index contributed by atoms with van der Waals surface area (Å²) in [5, 5.41) is 3.06. The van der Waals surface area contributed by atoms with E-state index in [0.717, 1.165) is 5.56 Å². The number of guanidine groups is 1. The predicted molar refractivity (Wildman–Crippen MR) is 97.5 cm³/mol. The van der Waals surface area contributed by atoms with Crippen LogP contribution in [0.3, 0.4) is 0 Å². The van der Waals surface area contributed by atoms with Crippen molar-refractivity contribution in [3.8, 4) is 0 Å². The van der Waals surface area contributed by atoms with Crippen molar-refractivity contribution in [2.24, 2.45) is 10.7 Å². The third kappa shape index (κ3) is 6.03. The molecular formula is C18H28N4O3. The number of hydrogen-bond acceptors (Lipinski definition) is 4. The number of ether oxygens (including phenoxy) is 2. The molecule has 0 unspecified atom stereocenters. The average Bonchev–Trinajstić information content (AvgIpc) is 2.63. The molecule has 0 aliphatic carbocycles. The van der Waals surface area contributed by atoms with Crippen molar-refractivity contribution in [1.29, 1.82) is 0 Å². The molecule has 1 aromatic rings. The van der Waals surface area contributed by atoms with Gasteiger partial charge in [-0.05, 0) is 12.5 Å². The van der Waals surface area contributed by atoms with Crippen LogP contribution in [-0.4, -0.2) is 69.4 Å². The fourth-order valence-electron chi connectivity index (χ4n) is 2.79. The van der Waals surface area contributed by atoms with Crippen LogP contribution in [0.5, 0.6) is 0 Å². The summed E-state index contributed by atoms with van der Waals surface area (Å²) < 4.78 is 10.4. The number of morpholine rings is 1. The largest absolute Gasteiger partial charge is 0.383 e. The van der Waals surface area contributed by atoms with Crippen LogP contribution in [0.4, 0.5) is 0 Å². The third-order valence-corrected chi connectivity index (χ3v) is 4.08. The van der Waals surface area contributed by atoms with E-state index < -0.39 is 0 Å². The second-order valence-corrected chi connectivity index (χ2v) is 6.13. The number of rotatable bonds is 7. The SMILES string of the molecule is COC[C@H](C)NC(N)=NC[C@H](C(=O)N1CCOCC1)c1ccccc1. The molecule has 1 aliphatic heterocycles. The summed E-state index contributed by atoms with van der Waals surface area (Å²) >= 11 is 0. The molecule has 0 aromatic heterocycles. The molecule has 2 atom stereocenters. The molecule has 1 saturated heterocycles. The lowest BCUT2D eigenvalue weighted by atomic mass is 9.97. The minimum Gasteiger partial charge on any atom is -0.383 e. The van der Waals surface area contributed by atoms with E-state index in [1.165, 1.54) is 0 Å². The molecule has 1 aromatic carbocycles. The smallest absolute Gasteiger partial charge is 0.232 e. The van der Waals surface area contributed by atoms with Crippen LogP contribution < -0.4 is 11.1 Å². The molecule has 7 heteroatoms. The van der Waals surface area contributed by atoms with Gasteiger partial charge in [-0.1, -0.05) is 30.3 Å². The van der Waals surface area contributed by atoms with Gasteiger partial charge >= 0.3 is 0 Å². The van der Waals surface area contributed by atoms with Crippen molar-refractivity contribution in [1.82, 2.24) is 10.2 Å². The summed E-state index contributed by atoms with van der Waals surface area (Å²) in [6, 6.07) is 9.76. The molecule has 0 spiro atoms. The average molecular weight is 348 g/mol. The highest BCUT2D eigenvalue weighted by molar-refractivity contribution is 5.85. The fourth-order valence-corrected chi connectivity index (χ4v) is 2.79. The van der Waals surface area contributed by atoms with Gasteiger partial charge in [-0.25, -0.2) is 0 Å². The van der Waals surface area contributed by atoms with Crippen LogP contribution in [0, 0.1) is 0 Å². The van der Waals surface area contributed by atoms with Gasteiger partial charge in [0.05, 0.1) is 32.3 Å². The van der Waals surface area contributed by atoms with Crippen LogP contribution in [0.2, 0.25) is 0 Å². The van der Waals surface area contributed by atoms with E-state index in [-0.39, 0.29) is 17.9 Å². The van der Waals surface area contributed by atoms with Gasteiger partial charge in [-0.3, -0.25) is 9.79 Å². The topological polar surface area (TPSA) is 89.2 Å². The van der Waals surface area contributed by atoms with Crippen LogP contribution >= 0.6 is 0 Å². The van der Waals surface area contributed by atoms with Gasteiger partial charge in [-0.2, -0.15) is 0 Å². The predicted octanol–water partition coefficient (Wildman–Crippen LogP) is 0.568. The van der Waals surface area contributed by atoms with Gasteiger partial charge in [0.1, 0.15) is 0 Å². The Balaban J connectivity index is 2.08. The summed E-state index contributed by atoms with van der Waals surface area (Å²) in [6.07, 6.45) is 0. The van der Waals surface area contributed by atoms with Crippen LogP contribution in [0.1, 0.15) is 18.4 Å². The maximum atomic E-state index is 13.0. The lowest BCUT2D eigenvalue weighted by Crippen LogP contribution is -2.44. The Hall–Kier alpha value is -2.12. The van der Waals surface area contributed by atoms with Gasteiger partial charge < -0.3 is 25.4 Å². The Kier molecular flexibility index (Phi) is 7.69. The number of aliphatic imine (C=N–C) groups is 1. The lowest BCUT2D eigenvalue weighted by Gasteiger charge is -2.30. The number of nitrogens with two attached hydrogens (primary N) is 1. The van der Waals surface area contributed by atoms with Crippen molar-refractivity contribution in [2.75, 3.05) is 46.6 Å². The van der Waals surface area contributed by atoms with Crippen LogP contribution in [0.15, 0.2) is 35.3 Å². The molecular weight excluding hydrogens is 320 g/mol. The first-order valence-electron chi connectivity index (χ1n) is 8.58. The van der Waals surface area contributed by atoms with Crippen molar-refractivity contribution in [3.63, 3.8) is 0 Å². The Morgan fingerprint density at radius 1 is 1.36 bits per heavy atom. The molecule has 7 nitrogen and oxygen atoms in total. The van der Waals surface area contributed by atoms with E-state index in [1.807, 2.05) is 42.2 Å². The first-order chi connectivity index (χ1) is 12.1. The highest BCUT2D eigenvalue weighted by Crippen LogP contribution is 2.20. The molecule has 1 fully saturated rings. The number of hydrogen-bond donors (Lipinski definition) is 2. The van der Waals surface area contributed by atoms with Gasteiger partial charge in [0.2, 0.25) is 5.91 Å². The normalized spacial score (nSPS) is 17.8.